The van der Waals surface area contributed by atoms with E-state index in [1.165, 1.54) is 6.92 Å². The average molecular weight is 414 g/mol. The number of carbonyl (C=O) groups is 3. The fraction of sp³-hybridized carbons (Fsp3) is 0.625. The smallest absolute Gasteiger partial charge is 0.338 e. The third-order valence-electron chi connectivity index (χ3n) is 7.70. The lowest BCUT2D eigenvalue weighted by Crippen LogP contribution is -2.60. The van der Waals surface area contributed by atoms with Crippen LogP contribution in [0.3, 0.4) is 0 Å². The maximum Gasteiger partial charge on any atom is 0.338 e. The molecule has 0 aromatic heterocycles. The lowest BCUT2D eigenvalue weighted by molar-refractivity contribution is -0.181. The number of rotatable bonds is 4. The van der Waals surface area contributed by atoms with Crippen molar-refractivity contribution >= 4 is 17.9 Å². The van der Waals surface area contributed by atoms with Gasteiger partial charge >= 0.3 is 17.9 Å². The summed E-state index contributed by atoms with van der Waals surface area (Å²) in [5.41, 5.74) is -0.0753. The molecule has 0 spiro atoms. The van der Waals surface area contributed by atoms with Crippen molar-refractivity contribution in [2.45, 2.75) is 52.6 Å². The van der Waals surface area contributed by atoms with Gasteiger partial charge in [-0.2, -0.15) is 0 Å². The molecule has 3 aliphatic rings. The van der Waals surface area contributed by atoms with Gasteiger partial charge in [0.2, 0.25) is 0 Å². The second kappa shape index (κ2) is 7.71. The normalized spacial score (nSPS) is 37.5. The minimum absolute atomic E-state index is 0.0264. The zero-order valence-electron chi connectivity index (χ0n) is 17.9. The van der Waals surface area contributed by atoms with Crippen molar-refractivity contribution in [1.82, 2.24) is 0 Å². The third kappa shape index (κ3) is 3.50. The lowest BCUT2D eigenvalue weighted by Gasteiger charge is -2.59. The van der Waals surface area contributed by atoms with Crippen molar-refractivity contribution in [3.05, 3.63) is 35.9 Å². The number of hydrogen-bond donors (Lipinski definition) is 0. The van der Waals surface area contributed by atoms with Gasteiger partial charge in [-0.25, -0.2) is 4.79 Å². The SMILES string of the molecule is CC(=O)OCC1(C)CCCC2(C)C3COC(=O)C3CC(OC(=O)c3ccccc3)C12. The molecule has 6 atom stereocenters. The van der Waals surface area contributed by atoms with Crippen molar-refractivity contribution in [1.29, 1.82) is 0 Å². The van der Waals surface area contributed by atoms with E-state index >= 15 is 0 Å². The predicted octanol–water partition coefficient (Wildman–Crippen LogP) is 3.78. The number of cyclic esters (lactones) is 1. The molecule has 1 aromatic carbocycles. The van der Waals surface area contributed by atoms with E-state index in [4.69, 9.17) is 14.2 Å². The molecular weight excluding hydrogens is 384 g/mol. The summed E-state index contributed by atoms with van der Waals surface area (Å²) in [5, 5.41) is 0. The Balaban J connectivity index is 1.69. The summed E-state index contributed by atoms with van der Waals surface area (Å²) >= 11 is 0. The van der Waals surface area contributed by atoms with Gasteiger partial charge in [-0.3, -0.25) is 9.59 Å². The van der Waals surface area contributed by atoms with Gasteiger partial charge in [-0.1, -0.05) is 38.5 Å². The molecule has 2 aliphatic carbocycles. The molecule has 1 heterocycles. The largest absolute Gasteiger partial charge is 0.465 e. The van der Waals surface area contributed by atoms with Gasteiger partial charge in [0.25, 0.3) is 0 Å². The minimum Gasteiger partial charge on any atom is -0.465 e. The van der Waals surface area contributed by atoms with Crippen LogP contribution in [0.5, 0.6) is 0 Å². The van der Waals surface area contributed by atoms with Crippen LogP contribution in [0.1, 0.15) is 56.8 Å². The van der Waals surface area contributed by atoms with E-state index in [9.17, 15) is 14.4 Å². The second-order valence-electron chi connectivity index (χ2n) is 9.66. The van der Waals surface area contributed by atoms with Crippen molar-refractivity contribution in [2.75, 3.05) is 13.2 Å². The highest BCUT2D eigenvalue weighted by atomic mass is 16.6. The van der Waals surface area contributed by atoms with Crippen LogP contribution < -0.4 is 0 Å². The summed E-state index contributed by atoms with van der Waals surface area (Å²) in [7, 11) is 0. The van der Waals surface area contributed by atoms with Gasteiger partial charge in [0.15, 0.2) is 0 Å². The summed E-state index contributed by atoms with van der Waals surface area (Å²) in [6, 6.07) is 8.92. The molecule has 1 aliphatic heterocycles. The summed E-state index contributed by atoms with van der Waals surface area (Å²) in [5.74, 6) is -1.06. The number of fused-ring (bicyclic) bond motifs is 3. The minimum atomic E-state index is -0.435. The van der Waals surface area contributed by atoms with Gasteiger partial charge in [0, 0.05) is 24.2 Å². The number of carbonyl (C=O) groups excluding carboxylic acids is 3. The first-order valence-corrected chi connectivity index (χ1v) is 10.8. The number of hydrogen-bond acceptors (Lipinski definition) is 6. The van der Waals surface area contributed by atoms with Crippen LogP contribution >= 0.6 is 0 Å². The Hall–Kier alpha value is -2.37. The Labute approximate surface area is 177 Å². The van der Waals surface area contributed by atoms with Gasteiger partial charge in [-0.15, -0.1) is 0 Å². The van der Waals surface area contributed by atoms with Crippen LogP contribution in [-0.2, 0) is 23.8 Å². The molecule has 3 fully saturated rings. The topological polar surface area (TPSA) is 78.9 Å². The molecule has 0 N–H and O–H groups in total. The van der Waals surface area contributed by atoms with E-state index in [0.717, 1.165) is 19.3 Å². The maximum absolute atomic E-state index is 12.9. The molecule has 6 nitrogen and oxygen atoms in total. The van der Waals surface area contributed by atoms with Crippen LogP contribution in [0.15, 0.2) is 30.3 Å². The lowest BCUT2D eigenvalue weighted by atomic mass is 9.45. The van der Waals surface area contributed by atoms with E-state index in [0.29, 0.717) is 18.6 Å². The quantitative estimate of drug-likeness (QED) is 0.551. The highest BCUT2D eigenvalue weighted by Crippen LogP contribution is 2.63. The Morgan fingerprint density at radius 1 is 1.17 bits per heavy atom. The summed E-state index contributed by atoms with van der Waals surface area (Å²) in [6.07, 6.45) is 2.81. The molecular formula is C24H30O6. The van der Waals surface area contributed by atoms with E-state index in [-0.39, 0.29) is 53.1 Å². The van der Waals surface area contributed by atoms with E-state index in [2.05, 4.69) is 13.8 Å². The maximum atomic E-state index is 12.9. The fourth-order valence-corrected chi connectivity index (χ4v) is 6.45. The highest BCUT2D eigenvalue weighted by Gasteiger charge is 2.64. The molecule has 6 heteroatoms. The Bertz CT molecular complexity index is 835. The molecule has 2 saturated carbocycles. The van der Waals surface area contributed by atoms with Gasteiger partial charge < -0.3 is 14.2 Å². The summed E-state index contributed by atoms with van der Waals surface area (Å²) in [4.78, 5) is 37.0. The van der Waals surface area contributed by atoms with Gasteiger partial charge in [0.1, 0.15) is 6.10 Å². The predicted molar refractivity (Wildman–Crippen MR) is 108 cm³/mol. The molecule has 4 rings (SSSR count). The van der Waals surface area contributed by atoms with Crippen molar-refractivity contribution < 1.29 is 28.6 Å². The molecule has 1 aromatic rings. The van der Waals surface area contributed by atoms with Gasteiger partial charge in [0.05, 0.1) is 24.7 Å². The van der Waals surface area contributed by atoms with Gasteiger partial charge in [-0.05, 0) is 36.8 Å². The third-order valence-corrected chi connectivity index (χ3v) is 7.70. The number of benzene rings is 1. The first-order chi connectivity index (χ1) is 14.2. The van der Waals surface area contributed by atoms with E-state index < -0.39 is 6.10 Å². The number of ether oxygens (including phenoxy) is 3. The molecule has 1 saturated heterocycles. The van der Waals surface area contributed by atoms with Crippen molar-refractivity contribution in [3.8, 4) is 0 Å². The van der Waals surface area contributed by atoms with Crippen LogP contribution in [0.4, 0.5) is 0 Å². The summed E-state index contributed by atoms with van der Waals surface area (Å²) < 4.78 is 17.0. The Kier molecular flexibility index (Phi) is 5.37. The standard InChI is InChI=1S/C24H30O6/c1-15(25)29-14-23(2)10-7-11-24(3)18-13-28-22(27)17(18)12-19(20(23)24)30-21(26)16-8-5-4-6-9-16/h4-6,8-9,17-20H,7,10-14H2,1-3H3. The molecule has 6 unspecified atom stereocenters. The van der Waals surface area contributed by atoms with Crippen LogP contribution in [0, 0.1) is 28.6 Å². The fourth-order valence-electron chi connectivity index (χ4n) is 6.45. The van der Waals surface area contributed by atoms with E-state index in [1.54, 1.807) is 24.3 Å². The zero-order chi connectivity index (χ0) is 21.5. The molecule has 0 radical (unpaired) electrons. The second-order valence-corrected chi connectivity index (χ2v) is 9.66. The molecule has 30 heavy (non-hydrogen) atoms. The number of esters is 3. The average Bonchev–Trinajstić information content (AvgIpc) is 3.08. The monoisotopic (exact) mass is 414 g/mol. The molecule has 0 amide bonds. The zero-order valence-corrected chi connectivity index (χ0v) is 17.9. The van der Waals surface area contributed by atoms with E-state index in [1.807, 2.05) is 6.07 Å². The summed E-state index contributed by atoms with van der Waals surface area (Å²) in [6.45, 7) is 6.44. The molecule has 162 valence electrons. The molecule has 0 bridgehead atoms. The van der Waals surface area contributed by atoms with Crippen LogP contribution in [0.25, 0.3) is 0 Å². The van der Waals surface area contributed by atoms with Crippen LogP contribution in [0.2, 0.25) is 0 Å². The Morgan fingerprint density at radius 2 is 1.90 bits per heavy atom. The first kappa shape index (κ1) is 20.9. The Morgan fingerprint density at radius 3 is 2.60 bits per heavy atom. The van der Waals surface area contributed by atoms with Crippen molar-refractivity contribution in [3.63, 3.8) is 0 Å². The highest BCUT2D eigenvalue weighted by molar-refractivity contribution is 5.89. The van der Waals surface area contributed by atoms with Crippen molar-refractivity contribution in [2.24, 2.45) is 28.6 Å². The first-order valence-electron chi connectivity index (χ1n) is 10.8. The van der Waals surface area contributed by atoms with Crippen LogP contribution in [-0.4, -0.2) is 37.2 Å².